The lowest BCUT2D eigenvalue weighted by atomic mass is 10.2. The molecule has 21 heavy (non-hydrogen) atoms. The van der Waals surface area contributed by atoms with Crippen molar-refractivity contribution in [1.82, 2.24) is 9.55 Å². The molecule has 0 amide bonds. The SMILES string of the molecule is CCCn1cncc1COc1c(CN)cccc1OCC. The van der Waals surface area contributed by atoms with Crippen LogP contribution < -0.4 is 15.2 Å². The average Bonchev–Trinajstić information content (AvgIpc) is 2.94. The highest BCUT2D eigenvalue weighted by Crippen LogP contribution is 2.31. The molecule has 2 N–H and O–H groups in total. The van der Waals surface area contributed by atoms with Gasteiger partial charge in [-0.05, 0) is 19.4 Å². The van der Waals surface area contributed by atoms with Crippen molar-refractivity contribution in [3.63, 3.8) is 0 Å². The number of para-hydroxylation sites is 1. The van der Waals surface area contributed by atoms with Crippen LogP contribution in [0.1, 0.15) is 31.5 Å². The van der Waals surface area contributed by atoms with E-state index in [0.717, 1.165) is 35.7 Å². The molecule has 0 aliphatic carbocycles. The van der Waals surface area contributed by atoms with Crippen LogP contribution in [0.5, 0.6) is 11.5 Å². The van der Waals surface area contributed by atoms with Crippen LogP contribution >= 0.6 is 0 Å². The second-order valence-corrected chi connectivity index (χ2v) is 4.75. The third-order valence-corrected chi connectivity index (χ3v) is 3.21. The number of benzene rings is 1. The van der Waals surface area contributed by atoms with Gasteiger partial charge in [-0.15, -0.1) is 0 Å². The van der Waals surface area contributed by atoms with Crippen LogP contribution in [0.4, 0.5) is 0 Å². The van der Waals surface area contributed by atoms with Crippen molar-refractivity contribution in [3.05, 3.63) is 42.0 Å². The highest BCUT2D eigenvalue weighted by atomic mass is 16.5. The van der Waals surface area contributed by atoms with E-state index in [1.807, 2.05) is 37.6 Å². The summed E-state index contributed by atoms with van der Waals surface area (Å²) >= 11 is 0. The van der Waals surface area contributed by atoms with Gasteiger partial charge in [0.15, 0.2) is 11.5 Å². The first-order valence-corrected chi connectivity index (χ1v) is 7.36. The smallest absolute Gasteiger partial charge is 0.166 e. The third kappa shape index (κ3) is 3.76. The molecule has 1 aromatic carbocycles. The van der Waals surface area contributed by atoms with Crippen LogP contribution in [0.3, 0.4) is 0 Å². The summed E-state index contributed by atoms with van der Waals surface area (Å²) in [7, 11) is 0. The molecule has 1 aromatic heterocycles. The lowest BCUT2D eigenvalue weighted by Gasteiger charge is -2.15. The van der Waals surface area contributed by atoms with Gasteiger partial charge in [-0.25, -0.2) is 4.98 Å². The molecule has 0 aliphatic heterocycles. The van der Waals surface area contributed by atoms with Crippen LogP contribution in [0.15, 0.2) is 30.7 Å². The van der Waals surface area contributed by atoms with E-state index in [0.29, 0.717) is 19.8 Å². The summed E-state index contributed by atoms with van der Waals surface area (Å²) in [5.74, 6) is 1.47. The van der Waals surface area contributed by atoms with Gasteiger partial charge in [0, 0.05) is 18.7 Å². The Bertz CT molecular complexity index is 566. The number of rotatable bonds is 8. The second-order valence-electron chi connectivity index (χ2n) is 4.75. The number of imidazole rings is 1. The van der Waals surface area contributed by atoms with Gasteiger partial charge < -0.3 is 19.8 Å². The van der Waals surface area contributed by atoms with Crippen LogP contribution in [0, 0.1) is 0 Å². The van der Waals surface area contributed by atoms with Gasteiger partial charge in [-0.2, -0.15) is 0 Å². The summed E-state index contributed by atoms with van der Waals surface area (Å²) in [6.45, 7) is 6.51. The number of hydrogen-bond acceptors (Lipinski definition) is 4. The molecule has 0 bridgehead atoms. The molecule has 0 fully saturated rings. The summed E-state index contributed by atoms with van der Waals surface area (Å²) in [4.78, 5) is 4.18. The number of ether oxygens (including phenoxy) is 2. The van der Waals surface area contributed by atoms with Gasteiger partial charge >= 0.3 is 0 Å². The highest BCUT2D eigenvalue weighted by molar-refractivity contribution is 5.46. The Morgan fingerprint density at radius 2 is 2.10 bits per heavy atom. The summed E-state index contributed by atoms with van der Waals surface area (Å²) in [6, 6.07) is 5.80. The predicted molar refractivity (Wildman–Crippen MR) is 82.4 cm³/mol. The van der Waals surface area contributed by atoms with E-state index in [1.165, 1.54) is 0 Å². The van der Waals surface area contributed by atoms with Crippen molar-refractivity contribution in [2.75, 3.05) is 6.61 Å². The molecular weight excluding hydrogens is 266 g/mol. The Morgan fingerprint density at radius 1 is 1.24 bits per heavy atom. The quantitative estimate of drug-likeness (QED) is 0.811. The van der Waals surface area contributed by atoms with E-state index in [-0.39, 0.29) is 0 Å². The van der Waals surface area contributed by atoms with Gasteiger partial charge in [0.25, 0.3) is 0 Å². The Morgan fingerprint density at radius 3 is 2.81 bits per heavy atom. The van der Waals surface area contributed by atoms with Gasteiger partial charge in [0.05, 0.1) is 24.8 Å². The Balaban J connectivity index is 2.16. The van der Waals surface area contributed by atoms with Gasteiger partial charge in [0.1, 0.15) is 6.61 Å². The normalized spacial score (nSPS) is 10.6. The molecule has 1 heterocycles. The minimum absolute atomic E-state index is 0.421. The van der Waals surface area contributed by atoms with Crippen LogP contribution in [-0.2, 0) is 19.7 Å². The van der Waals surface area contributed by atoms with E-state index in [1.54, 1.807) is 0 Å². The molecular formula is C16H23N3O2. The van der Waals surface area contributed by atoms with E-state index >= 15 is 0 Å². The van der Waals surface area contributed by atoms with E-state index in [4.69, 9.17) is 15.2 Å². The number of aryl methyl sites for hydroxylation is 1. The molecule has 0 aliphatic rings. The molecule has 0 radical (unpaired) electrons. The van der Waals surface area contributed by atoms with Crippen molar-refractivity contribution in [1.29, 1.82) is 0 Å². The predicted octanol–water partition coefficient (Wildman–Crippen LogP) is 2.73. The highest BCUT2D eigenvalue weighted by Gasteiger charge is 2.11. The molecule has 2 aromatic rings. The lowest BCUT2D eigenvalue weighted by molar-refractivity contribution is 0.260. The number of hydrogen-bond donors (Lipinski definition) is 1. The molecule has 0 unspecified atom stereocenters. The third-order valence-electron chi connectivity index (χ3n) is 3.21. The van der Waals surface area contributed by atoms with E-state index in [2.05, 4.69) is 16.5 Å². The Kier molecular flexibility index (Phi) is 5.63. The van der Waals surface area contributed by atoms with E-state index < -0.39 is 0 Å². The number of nitrogens with zero attached hydrogens (tertiary/aromatic N) is 2. The maximum Gasteiger partial charge on any atom is 0.166 e. The molecule has 0 saturated heterocycles. The Labute approximate surface area is 125 Å². The van der Waals surface area contributed by atoms with E-state index in [9.17, 15) is 0 Å². The zero-order valence-corrected chi connectivity index (χ0v) is 12.7. The van der Waals surface area contributed by atoms with Crippen molar-refractivity contribution in [2.45, 2.75) is 40.0 Å². The topological polar surface area (TPSA) is 62.3 Å². The summed E-state index contributed by atoms with van der Waals surface area (Å²) in [5, 5.41) is 0. The van der Waals surface area contributed by atoms with Crippen molar-refractivity contribution in [2.24, 2.45) is 5.73 Å². The number of aromatic nitrogens is 2. The average molecular weight is 289 g/mol. The van der Waals surface area contributed by atoms with Crippen molar-refractivity contribution < 1.29 is 9.47 Å². The fourth-order valence-electron chi connectivity index (χ4n) is 2.21. The van der Waals surface area contributed by atoms with Crippen LogP contribution in [-0.4, -0.2) is 16.2 Å². The van der Waals surface area contributed by atoms with Gasteiger partial charge in [0.2, 0.25) is 0 Å². The standard InChI is InChI=1S/C16H23N3O2/c1-3-8-19-12-18-10-14(19)11-21-16-13(9-17)6-5-7-15(16)20-4-2/h5-7,10,12H,3-4,8-9,11,17H2,1-2H3. The second kappa shape index (κ2) is 7.69. The minimum atomic E-state index is 0.421. The molecule has 0 saturated carbocycles. The molecule has 5 nitrogen and oxygen atoms in total. The maximum atomic E-state index is 5.98. The summed E-state index contributed by atoms with van der Waals surface area (Å²) < 4.78 is 13.7. The van der Waals surface area contributed by atoms with Crippen molar-refractivity contribution in [3.8, 4) is 11.5 Å². The first-order chi connectivity index (χ1) is 10.3. The molecule has 5 heteroatoms. The maximum absolute atomic E-state index is 5.98. The zero-order chi connectivity index (χ0) is 15.1. The lowest BCUT2D eigenvalue weighted by Crippen LogP contribution is -2.08. The van der Waals surface area contributed by atoms with Crippen LogP contribution in [0.2, 0.25) is 0 Å². The minimum Gasteiger partial charge on any atom is -0.490 e. The Hall–Kier alpha value is -2.01. The molecule has 114 valence electrons. The molecule has 0 atom stereocenters. The first-order valence-electron chi connectivity index (χ1n) is 7.36. The van der Waals surface area contributed by atoms with Crippen molar-refractivity contribution >= 4 is 0 Å². The largest absolute Gasteiger partial charge is 0.490 e. The number of nitrogens with two attached hydrogens (primary N) is 1. The van der Waals surface area contributed by atoms with Gasteiger partial charge in [-0.3, -0.25) is 0 Å². The molecule has 2 rings (SSSR count). The summed E-state index contributed by atoms with van der Waals surface area (Å²) in [6.07, 6.45) is 4.73. The zero-order valence-electron chi connectivity index (χ0n) is 12.7. The first kappa shape index (κ1) is 15.4. The monoisotopic (exact) mass is 289 g/mol. The fourth-order valence-corrected chi connectivity index (χ4v) is 2.21. The van der Waals surface area contributed by atoms with Crippen LogP contribution in [0.25, 0.3) is 0 Å². The molecule has 0 spiro atoms. The summed E-state index contributed by atoms with van der Waals surface area (Å²) in [5.41, 5.74) is 7.78. The fraction of sp³-hybridized carbons (Fsp3) is 0.438. The van der Waals surface area contributed by atoms with Gasteiger partial charge in [-0.1, -0.05) is 19.1 Å².